The number of nitrogens with zero attached hydrogens (tertiary/aromatic N) is 3. The summed E-state index contributed by atoms with van der Waals surface area (Å²) in [6.45, 7) is 0. The largest absolute Gasteiger partial charge is 0.369 e. The van der Waals surface area contributed by atoms with Gasteiger partial charge in [0.1, 0.15) is 5.54 Å². The van der Waals surface area contributed by atoms with Crippen LogP contribution in [0.4, 0.5) is 0 Å². The molecule has 0 bridgehead atoms. The van der Waals surface area contributed by atoms with E-state index in [1.165, 1.54) is 32.1 Å². The fourth-order valence-electron chi connectivity index (χ4n) is 7.25. The Labute approximate surface area is 215 Å². The smallest absolute Gasteiger partial charge is 0.257 e. The fourth-order valence-corrected chi connectivity index (χ4v) is 7.25. The van der Waals surface area contributed by atoms with Gasteiger partial charge in [-0.05, 0) is 62.0 Å². The number of aryl methyl sites for hydroxylation is 1. The highest BCUT2D eigenvalue weighted by atomic mass is 16.2. The van der Waals surface area contributed by atoms with Crippen LogP contribution in [-0.4, -0.2) is 39.7 Å². The Bertz CT molecular complexity index is 1150. The molecule has 3 aliphatic rings. The Balaban J connectivity index is 1.26. The number of likely N-dealkylation sites (N-methyl/N-ethyl adjacent to an activating group) is 1. The second kappa shape index (κ2) is 10.4. The molecule has 6 heteroatoms. The molecule has 0 radical (unpaired) electrons. The number of nitrogens with two attached hydrogens (primary N) is 1. The zero-order valence-corrected chi connectivity index (χ0v) is 22.0. The average molecular weight is 491 g/mol. The van der Waals surface area contributed by atoms with Crippen molar-refractivity contribution in [1.82, 2.24) is 9.47 Å². The summed E-state index contributed by atoms with van der Waals surface area (Å²) in [4.78, 5) is 33.1. The summed E-state index contributed by atoms with van der Waals surface area (Å²) < 4.78 is 2.03. The van der Waals surface area contributed by atoms with Crippen molar-refractivity contribution in [2.75, 3.05) is 7.05 Å². The van der Waals surface area contributed by atoms with Gasteiger partial charge >= 0.3 is 0 Å². The third-order valence-electron chi connectivity index (χ3n) is 9.30. The van der Waals surface area contributed by atoms with Crippen LogP contribution in [0.1, 0.15) is 94.0 Å². The number of hydrogen-bond donors (Lipinski definition) is 1. The summed E-state index contributed by atoms with van der Waals surface area (Å²) >= 11 is 0. The molecule has 0 saturated heterocycles. The third-order valence-corrected chi connectivity index (χ3v) is 9.30. The molecule has 2 heterocycles. The Kier molecular flexibility index (Phi) is 7.23. The molecule has 0 unspecified atom stereocenters. The number of rotatable bonds is 8. The topological polar surface area (TPSA) is 80.7 Å². The van der Waals surface area contributed by atoms with Crippen molar-refractivity contribution in [2.24, 2.45) is 35.5 Å². The predicted octanol–water partition coefficient (Wildman–Crippen LogP) is 5.83. The highest BCUT2D eigenvalue weighted by Gasteiger charge is 2.48. The highest BCUT2D eigenvalue weighted by molar-refractivity contribution is 6.06. The van der Waals surface area contributed by atoms with E-state index in [2.05, 4.69) is 12.1 Å². The third kappa shape index (κ3) is 4.96. The summed E-state index contributed by atoms with van der Waals surface area (Å²) in [6.07, 6.45) is 14.0. The first-order chi connectivity index (χ1) is 17.4. The summed E-state index contributed by atoms with van der Waals surface area (Å²) in [6, 6.07) is 10.2. The van der Waals surface area contributed by atoms with Crippen molar-refractivity contribution in [3.63, 3.8) is 0 Å². The molecule has 36 heavy (non-hydrogen) atoms. The van der Waals surface area contributed by atoms with Crippen LogP contribution in [-0.2, 0) is 11.8 Å². The standard InChI is InChI=1S/C30H42N4O2/c1-33-25-14-7-6-13-24(25)19-26(33)27(35)18-22-11-8-12-23(17-22)20-30(28(36)34(2)29(31)32-30)16-15-21-9-4-3-5-10-21/h6-7,13-14,19,21-23H,3-5,8-12,15-18,20H2,1-2H3,(H2,31,32)/t22-,23+,30-/m1/s1. The lowest BCUT2D eigenvalue weighted by Gasteiger charge is -2.35. The van der Waals surface area contributed by atoms with E-state index in [4.69, 9.17) is 10.7 Å². The van der Waals surface area contributed by atoms with Crippen molar-refractivity contribution in [1.29, 1.82) is 0 Å². The van der Waals surface area contributed by atoms with E-state index >= 15 is 0 Å². The molecular formula is C30H42N4O2. The molecule has 2 saturated carbocycles. The van der Waals surface area contributed by atoms with Crippen LogP contribution in [0.5, 0.6) is 0 Å². The summed E-state index contributed by atoms with van der Waals surface area (Å²) in [5, 5.41) is 1.11. The molecule has 5 rings (SSSR count). The first-order valence-corrected chi connectivity index (χ1v) is 14.1. The van der Waals surface area contributed by atoms with Gasteiger partial charge in [0, 0.05) is 31.4 Å². The number of para-hydroxylation sites is 1. The minimum atomic E-state index is -0.706. The number of carbonyl (C=O) groups is 2. The Morgan fingerprint density at radius 1 is 1.03 bits per heavy atom. The van der Waals surface area contributed by atoms with Gasteiger partial charge in [0.25, 0.3) is 5.91 Å². The molecule has 194 valence electrons. The lowest BCUT2D eigenvalue weighted by Crippen LogP contribution is -2.44. The average Bonchev–Trinajstić information content (AvgIpc) is 3.33. The summed E-state index contributed by atoms with van der Waals surface area (Å²) in [5.74, 6) is 2.14. The van der Waals surface area contributed by atoms with Gasteiger partial charge < -0.3 is 10.3 Å². The van der Waals surface area contributed by atoms with E-state index in [0.29, 0.717) is 30.1 Å². The fraction of sp³-hybridized carbons (Fsp3) is 0.633. The zero-order chi connectivity index (χ0) is 25.3. The number of aliphatic imine (C=N–C) groups is 1. The molecule has 2 N–H and O–H groups in total. The summed E-state index contributed by atoms with van der Waals surface area (Å²) in [5.41, 5.74) is 7.36. The number of hydrogen-bond acceptors (Lipinski definition) is 4. The molecule has 1 amide bonds. The maximum Gasteiger partial charge on any atom is 0.257 e. The SMILES string of the molecule is CN1C(=O)[C@@](CCC2CCCCC2)(C[C@H]2CCC[C@@H](CC(=O)c3cc4ccccc4n3C)C2)N=C1N. The van der Waals surface area contributed by atoms with Gasteiger partial charge in [0.05, 0.1) is 5.69 Å². The van der Waals surface area contributed by atoms with E-state index in [1.807, 2.05) is 29.8 Å². The molecule has 1 aliphatic heterocycles. The molecular weight excluding hydrogens is 448 g/mol. The number of fused-ring (bicyclic) bond motifs is 1. The van der Waals surface area contributed by atoms with Gasteiger partial charge in [-0.2, -0.15) is 0 Å². The predicted molar refractivity (Wildman–Crippen MR) is 145 cm³/mol. The number of amides is 1. The molecule has 1 aromatic heterocycles. The van der Waals surface area contributed by atoms with E-state index in [9.17, 15) is 9.59 Å². The van der Waals surface area contributed by atoms with Gasteiger partial charge in [0.15, 0.2) is 11.7 Å². The van der Waals surface area contributed by atoms with Crippen molar-refractivity contribution in [3.8, 4) is 0 Å². The Hall–Kier alpha value is -2.63. The van der Waals surface area contributed by atoms with E-state index < -0.39 is 5.54 Å². The maximum atomic E-state index is 13.4. The molecule has 2 aliphatic carbocycles. The van der Waals surface area contributed by atoms with Gasteiger partial charge in [-0.1, -0.05) is 63.1 Å². The minimum absolute atomic E-state index is 0.0736. The molecule has 6 nitrogen and oxygen atoms in total. The van der Waals surface area contributed by atoms with Crippen LogP contribution in [0.3, 0.4) is 0 Å². The second-order valence-corrected chi connectivity index (χ2v) is 11.8. The lowest BCUT2D eigenvalue weighted by atomic mass is 9.72. The van der Waals surface area contributed by atoms with Crippen molar-refractivity contribution in [3.05, 3.63) is 36.0 Å². The van der Waals surface area contributed by atoms with Crippen LogP contribution in [0.2, 0.25) is 0 Å². The highest BCUT2D eigenvalue weighted by Crippen LogP contribution is 2.42. The monoisotopic (exact) mass is 490 g/mol. The Morgan fingerprint density at radius 3 is 2.47 bits per heavy atom. The number of guanidine groups is 1. The van der Waals surface area contributed by atoms with Gasteiger partial charge in [-0.3, -0.25) is 14.5 Å². The molecule has 2 aromatic rings. The van der Waals surface area contributed by atoms with Crippen LogP contribution in [0.25, 0.3) is 10.9 Å². The number of carbonyl (C=O) groups excluding carboxylic acids is 2. The maximum absolute atomic E-state index is 13.4. The van der Waals surface area contributed by atoms with Crippen LogP contribution < -0.4 is 5.73 Å². The van der Waals surface area contributed by atoms with Crippen LogP contribution >= 0.6 is 0 Å². The first kappa shape index (κ1) is 25.0. The summed E-state index contributed by atoms with van der Waals surface area (Å²) in [7, 11) is 3.75. The van der Waals surface area contributed by atoms with Gasteiger partial charge in [0.2, 0.25) is 0 Å². The molecule has 2 fully saturated rings. The van der Waals surface area contributed by atoms with Crippen molar-refractivity contribution >= 4 is 28.6 Å². The van der Waals surface area contributed by atoms with E-state index in [1.54, 1.807) is 11.9 Å². The Morgan fingerprint density at radius 2 is 1.75 bits per heavy atom. The van der Waals surface area contributed by atoms with Gasteiger partial charge in [-0.15, -0.1) is 0 Å². The first-order valence-electron chi connectivity index (χ1n) is 14.1. The van der Waals surface area contributed by atoms with E-state index in [0.717, 1.165) is 61.5 Å². The number of ketones is 1. The molecule has 0 spiro atoms. The van der Waals surface area contributed by atoms with Crippen LogP contribution in [0, 0.1) is 17.8 Å². The van der Waals surface area contributed by atoms with Gasteiger partial charge in [-0.25, -0.2) is 4.99 Å². The second-order valence-electron chi connectivity index (χ2n) is 11.8. The zero-order valence-electron chi connectivity index (χ0n) is 22.0. The number of Topliss-reactive ketones (excluding diaryl/α,β-unsaturated/α-hetero) is 1. The van der Waals surface area contributed by atoms with E-state index in [-0.39, 0.29) is 11.7 Å². The number of benzene rings is 1. The molecule has 1 aromatic carbocycles. The normalized spacial score (nSPS) is 27.6. The van der Waals surface area contributed by atoms with Crippen molar-refractivity contribution < 1.29 is 9.59 Å². The minimum Gasteiger partial charge on any atom is -0.369 e. The lowest BCUT2D eigenvalue weighted by molar-refractivity contribution is -0.131. The van der Waals surface area contributed by atoms with Crippen molar-refractivity contribution in [2.45, 2.75) is 89.0 Å². The molecule has 3 atom stereocenters. The van der Waals surface area contributed by atoms with Crippen LogP contribution in [0.15, 0.2) is 35.3 Å². The number of aromatic nitrogens is 1. The quantitative estimate of drug-likeness (QED) is 0.473.